The van der Waals surface area contributed by atoms with Crippen LogP contribution in [0, 0.1) is 13.8 Å². The molecular formula is C23H23ClN2O4. The number of carbonyl (C=O) groups is 1. The van der Waals surface area contributed by atoms with Crippen molar-refractivity contribution in [1.29, 1.82) is 0 Å². The number of nitrogen functional groups attached to an aromatic ring is 1. The molecular weight excluding hydrogens is 404 g/mol. The molecule has 0 saturated carbocycles. The zero-order chi connectivity index (χ0) is 21.8. The molecule has 0 unspecified atom stereocenters. The van der Waals surface area contributed by atoms with Gasteiger partial charge < -0.3 is 19.9 Å². The van der Waals surface area contributed by atoms with Crippen molar-refractivity contribution in [3.8, 4) is 22.8 Å². The van der Waals surface area contributed by atoms with Gasteiger partial charge in [-0.1, -0.05) is 35.9 Å². The van der Waals surface area contributed by atoms with E-state index in [4.69, 9.17) is 31.5 Å². The number of carbonyl (C=O) groups excluding carboxylic acids is 1. The van der Waals surface area contributed by atoms with E-state index in [1.165, 1.54) is 20.3 Å². The van der Waals surface area contributed by atoms with E-state index in [2.05, 4.69) is 4.98 Å². The summed E-state index contributed by atoms with van der Waals surface area (Å²) >= 11 is 6.31. The maximum absolute atomic E-state index is 11.9. The number of nitrogens with zero attached hydrogens (tertiary/aromatic N) is 1. The monoisotopic (exact) mass is 426 g/mol. The second-order valence-electron chi connectivity index (χ2n) is 6.70. The third-order valence-corrected chi connectivity index (χ3v) is 5.25. The summed E-state index contributed by atoms with van der Waals surface area (Å²) in [4.78, 5) is 16.2. The van der Waals surface area contributed by atoms with E-state index >= 15 is 0 Å². The normalized spacial score (nSPS) is 10.6. The molecule has 0 aliphatic rings. The predicted octanol–water partition coefficient (Wildman–Crippen LogP) is 4.98. The van der Waals surface area contributed by atoms with Crippen molar-refractivity contribution in [3.63, 3.8) is 0 Å². The summed E-state index contributed by atoms with van der Waals surface area (Å²) in [6.45, 7) is 4.09. The Labute approximate surface area is 180 Å². The van der Waals surface area contributed by atoms with Gasteiger partial charge in [0.15, 0.2) is 0 Å². The largest absolute Gasteiger partial charge is 0.487 e. The second-order valence-corrected chi connectivity index (χ2v) is 7.11. The van der Waals surface area contributed by atoms with Crippen molar-refractivity contribution in [1.82, 2.24) is 4.98 Å². The molecule has 0 spiro atoms. The van der Waals surface area contributed by atoms with Crippen LogP contribution in [0.25, 0.3) is 11.1 Å². The van der Waals surface area contributed by atoms with Crippen LogP contribution in [-0.2, 0) is 11.3 Å². The van der Waals surface area contributed by atoms with Crippen molar-refractivity contribution < 1.29 is 19.0 Å². The van der Waals surface area contributed by atoms with Gasteiger partial charge in [0.2, 0.25) is 5.88 Å². The summed E-state index contributed by atoms with van der Waals surface area (Å²) in [6, 6.07) is 13.2. The third-order valence-electron chi connectivity index (χ3n) is 4.93. The first-order valence-corrected chi connectivity index (χ1v) is 9.64. The third kappa shape index (κ3) is 4.19. The van der Waals surface area contributed by atoms with Crippen LogP contribution in [0.2, 0.25) is 5.02 Å². The minimum atomic E-state index is -0.574. The Balaban J connectivity index is 1.90. The zero-order valence-electron chi connectivity index (χ0n) is 17.3. The Bertz CT molecular complexity index is 1100. The number of ether oxygens (including phenoxy) is 3. The Morgan fingerprint density at radius 2 is 1.73 bits per heavy atom. The van der Waals surface area contributed by atoms with Crippen LogP contribution < -0.4 is 15.2 Å². The van der Waals surface area contributed by atoms with Crippen LogP contribution in [0.1, 0.15) is 27.2 Å². The van der Waals surface area contributed by atoms with Gasteiger partial charge in [0, 0.05) is 5.69 Å². The number of aromatic nitrogens is 1. The van der Waals surface area contributed by atoms with Gasteiger partial charge in [-0.25, -0.2) is 9.78 Å². The molecule has 0 atom stereocenters. The predicted molar refractivity (Wildman–Crippen MR) is 117 cm³/mol. The van der Waals surface area contributed by atoms with E-state index in [1.807, 2.05) is 50.2 Å². The quantitative estimate of drug-likeness (QED) is 0.442. The van der Waals surface area contributed by atoms with Gasteiger partial charge in [0.05, 0.1) is 19.2 Å². The molecule has 0 amide bonds. The first-order valence-electron chi connectivity index (χ1n) is 9.27. The lowest BCUT2D eigenvalue weighted by atomic mass is 9.95. The summed E-state index contributed by atoms with van der Waals surface area (Å²) in [5.41, 5.74) is 11.5. The van der Waals surface area contributed by atoms with Gasteiger partial charge in [0.25, 0.3) is 0 Å². The molecule has 6 nitrogen and oxygen atoms in total. The van der Waals surface area contributed by atoms with Crippen LogP contribution in [0.5, 0.6) is 11.6 Å². The highest BCUT2D eigenvalue weighted by atomic mass is 35.5. The fraction of sp³-hybridized carbons (Fsp3) is 0.217. The molecule has 0 radical (unpaired) electrons. The van der Waals surface area contributed by atoms with E-state index in [0.717, 1.165) is 27.9 Å². The molecule has 0 bridgehead atoms. The fourth-order valence-corrected chi connectivity index (χ4v) is 3.38. The highest BCUT2D eigenvalue weighted by Gasteiger charge is 2.19. The number of nitrogens with two attached hydrogens (primary N) is 1. The summed E-state index contributed by atoms with van der Waals surface area (Å²) in [7, 11) is 2.71. The molecule has 0 saturated heterocycles. The van der Waals surface area contributed by atoms with Crippen molar-refractivity contribution in [2.24, 2.45) is 0 Å². The summed E-state index contributed by atoms with van der Waals surface area (Å²) in [6.07, 6.45) is 0. The van der Waals surface area contributed by atoms with Crippen molar-refractivity contribution in [3.05, 3.63) is 69.9 Å². The van der Waals surface area contributed by atoms with Crippen LogP contribution >= 0.6 is 11.6 Å². The van der Waals surface area contributed by atoms with Gasteiger partial charge in [-0.3, -0.25) is 0 Å². The van der Waals surface area contributed by atoms with E-state index in [9.17, 15) is 4.79 Å². The molecule has 0 fully saturated rings. The van der Waals surface area contributed by atoms with E-state index in [1.54, 1.807) is 0 Å². The van der Waals surface area contributed by atoms with Crippen molar-refractivity contribution in [2.75, 3.05) is 20.0 Å². The smallest absolute Gasteiger partial charge is 0.343 e. The highest BCUT2D eigenvalue weighted by Crippen LogP contribution is 2.34. The Morgan fingerprint density at radius 3 is 2.40 bits per heavy atom. The molecule has 7 heteroatoms. The lowest BCUT2D eigenvalue weighted by Crippen LogP contribution is -2.09. The highest BCUT2D eigenvalue weighted by molar-refractivity contribution is 6.31. The lowest BCUT2D eigenvalue weighted by molar-refractivity contribution is 0.0596. The first-order chi connectivity index (χ1) is 14.4. The average Bonchev–Trinajstić information content (AvgIpc) is 2.75. The number of rotatable bonds is 6. The molecule has 3 rings (SSSR count). The summed E-state index contributed by atoms with van der Waals surface area (Å²) in [5, 5.41) is 0.289. The van der Waals surface area contributed by atoms with Crippen LogP contribution in [0.15, 0.2) is 42.5 Å². The molecule has 3 aromatic rings. The van der Waals surface area contributed by atoms with Gasteiger partial charge in [-0.15, -0.1) is 0 Å². The summed E-state index contributed by atoms with van der Waals surface area (Å²) in [5.74, 6) is 0.253. The minimum Gasteiger partial charge on any atom is -0.487 e. The number of hydrogen-bond donors (Lipinski definition) is 1. The molecule has 156 valence electrons. The fourth-order valence-electron chi connectivity index (χ4n) is 3.17. The maximum atomic E-state index is 11.9. The second kappa shape index (κ2) is 9.05. The Hall–Kier alpha value is -3.25. The van der Waals surface area contributed by atoms with Crippen LogP contribution in [0.4, 0.5) is 5.69 Å². The number of hydrogen-bond acceptors (Lipinski definition) is 6. The molecule has 1 heterocycles. The topological polar surface area (TPSA) is 83.7 Å². The molecule has 2 aromatic carbocycles. The Morgan fingerprint density at radius 1 is 1.07 bits per heavy atom. The van der Waals surface area contributed by atoms with Gasteiger partial charge in [0.1, 0.15) is 23.6 Å². The number of esters is 1. The average molecular weight is 427 g/mol. The van der Waals surface area contributed by atoms with Crippen LogP contribution in [0.3, 0.4) is 0 Å². The molecule has 0 aliphatic carbocycles. The number of methoxy groups -OCH3 is 2. The SMILES string of the molecule is COC(=O)c1cc(Cl)c(COc2cccc(-c3cccc(N)c3C)c2C)nc1OC. The standard InChI is InChI=1S/C23H23ClN2O4/c1-13-15(7-5-9-19(13)25)16-8-6-10-21(14(16)2)30-12-20-18(24)11-17(23(27)29-4)22(26-20)28-3/h5-11H,12,25H2,1-4H3. The van der Waals surface area contributed by atoms with E-state index in [0.29, 0.717) is 11.4 Å². The number of pyridine rings is 1. The number of halogens is 1. The zero-order valence-corrected chi connectivity index (χ0v) is 18.0. The number of benzene rings is 2. The molecule has 30 heavy (non-hydrogen) atoms. The molecule has 0 aliphatic heterocycles. The molecule has 1 aromatic heterocycles. The molecule has 2 N–H and O–H groups in total. The number of anilines is 1. The van der Waals surface area contributed by atoms with Crippen LogP contribution in [-0.4, -0.2) is 25.2 Å². The van der Waals surface area contributed by atoms with Gasteiger partial charge in [-0.05, 0) is 54.3 Å². The van der Waals surface area contributed by atoms with E-state index < -0.39 is 5.97 Å². The summed E-state index contributed by atoms with van der Waals surface area (Å²) < 4.78 is 15.9. The van der Waals surface area contributed by atoms with Crippen molar-refractivity contribution in [2.45, 2.75) is 20.5 Å². The lowest BCUT2D eigenvalue weighted by Gasteiger charge is -2.16. The first kappa shape index (κ1) is 21.5. The van der Waals surface area contributed by atoms with Gasteiger partial charge in [-0.2, -0.15) is 0 Å². The van der Waals surface area contributed by atoms with Crippen molar-refractivity contribution >= 4 is 23.3 Å². The van der Waals surface area contributed by atoms with E-state index in [-0.39, 0.29) is 23.1 Å². The minimum absolute atomic E-state index is 0.108. The van der Waals surface area contributed by atoms with Gasteiger partial charge >= 0.3 is 5.97 Å². The Kier molecular flexibility index (Phi) is 6.47. The maximum Gasteiger partial charge on any atom is 0.343 e.